The van der Waals surface area contributed by atoms with Crippen LogP contribution in [0.2, 0.25) is 0 Å². The van der Waals surface area contributed by atoms with Gasteiger partial charge in [0.2, 0.25) is 0 Å². The van der Waals surface area contributed by atoms with Gasteiger partial charge in [0.15, 0.2) is 0 Å². The Labute approximate surface area is 137 Å². The molecule has 3 rings (SSSR count). The molecule has 0 aliphatic carbocycles. The summed E-state index contributed by atoms with van der Waals surface area (Å²) in [6, 6.07) is 5.68. The Hall–Kier alpha value is -1.61. The second-order valence-electron chi connectivity index (χ2n) is 5.54. The summed E-state index contributed by atoms with van der Waals surface area (Å²) in [4.78, 5) is 0. The maximum atomic E-state index is 10.1. The molecular formula is C15H19N3O4S. The third kappa shape index (κ3) is 3.07. The molecule has 1 aromatic heterocycles. The minimum atomic E-state index is -1.18. The van der Waals surface area contributed by atoms with Gasteiger partial charge in [-0.1, -0.05) is 5.21 Å². The summed E-state index contributed by atoms with van der Waals surface area (Å²) in [5.41, 5.74) is 2.61. The fourth-order valence-corrected chi connectivity index (χ4v) is 3.80. The first-order chi connectivity index (χ1) is 11.0. The molecule has 1 aliphatic rings. The molecule has 0 bridgehead atoms. The van der Waals surface area contributed by atoms with E-state index in [-0.39, 0.29) is 0 Å². The summed E-state index contributed by atoms with van der Waals surface area (Å²) in [6.07, 6.45) is -1.48. The number of hydrogen-bond acceptors (Lipinski definition) is 7. The lowest BCUT2D eigenvalue weighted by molar-refractivity contribution is -0.0643. The van der Waals surface area contributed by atoms with E-state index >= 15 is 0 Å². The monoisotopic (exact) mass is 337 g/mol. The Balaban J connectivity index is 1.86. The number of ether oxygens (including phenoxy) is 1. The van der Waals surface area contributed by atoms with Crippen molar-refractivity contribution in [2.45, 2.75) is 30.6 Å². The number of benzene rings is 1. The molecule has 0 unspecified atom stereocenters. The Morgan fingerprint density at radius 2 is 2.04 bits per heavy atom. The number of aliphatic hydroxyl groups excluding tert-OH is 3. The number of aliphatic hydroxyl groups is 3. The number of hydrogen-bond donors (Lipinski definition) is 3. The van der Waals surface area contributed by atoms with E-state index in [0.717, 1.165) is 16.9 Å². The molecule has 0 spiro atoms. The molecule has 8 heteroatoms. The minimum absolute atomic E-state index is 0.333. The van der Waals surface area contributed by atoms with Crippen LogP contribution >= 0.6 is 11.8 Å². The number of methoxy groups -OCH3 is 1. The molecule has 2 aromatic rings. The molecule has 23 heavy (non-hydrogen) atoms. The lowest BCUT2D eigenvalue weighted by Crippen LogP contribution is -2.47. The van der Waals surface area contributed by atoms with Gasteiger partial charge in [0.05, 0.1) is 19.4 Å². The van der Waals surface area contributed by atoms with E-state index in [4.69, 9.17) is 4.74 Å². The van der Waals surface area contributed by atoms with Crippen LogP contribution in [0.4, 0.5) is 0 Å². The van der Waals surface area contributed by atoms with Gasteiger partial charge in [0, 0.05) is 11.3 Å². The molecular weight excluding hydrogens is 318 g/mol. The van der Waals surface area contributed by atoms with Crippen LogP contribution in [-0.2, 0) is 0 Å². The molecule has 0 saturated carbocycles. The van der Waals surface area contributed by atoms with Crippen LogP contribution in [0.1, 0.15) is 10.9 Å². The van der Waals surface area contributed by atoms with Crippen molar-refractivity contribution in [3.8, 4) is 17.0 Å². The fourth-order valence-electron chi connectivity index (χ4n) is 2.60. The molecule has 1 aromatic carbocycles. The van der Waals surface area contributed by atoms with Crippen LogP contribution < -0.4 is 4.74 Å². The van der Waals surface area contributed by atoms with Crippen molar-refractivity contribution in [1.29, 1.82) is 0 Å². The summed E-state index contributed by atoms with van der Waals surface area (Å²) in [5.74, 6) is 1.11. The smallest absolute Gasteiger partial charge is 0.127 e. The van der Waals surface area contributed by atoms with Crippen molar-refractivity contribution in [1.82, 2.24) is 15.0 Å². The van der Waals surface area contributed by atoms with E-state index in [1.807, 2.05) is 25.1 Å². The van der Waals surface area contributed by atoms with Crippen molar-refractivity contribution in [2.75, 3.05) is 12.9 Å². The Kier molecular flexibility index (Phi) is 4.58. The summed E-state index contributed by atoms with van der Waals surface area (Å²) in [7, 11) is 1.62. The first kappa shape index (κ1) is 16.3. The van der Waals surface area contributed by atoms with Crippen molar-refractivity contribution >= 4 is 11.8 Å². The third-order valence-corrected chi connectivity index (χ3v) is 5.32. The third-order valence-electron chi connectivity index (χ3n) is 3.95. The van der Waals surface area contributed by atoms with E-state index in [2.05, 4.69) is 10.3 Å². The van der Waals surface area contributed by atoms with Gasteiger partial charge in [0.25, 0.3) is 0 Å². The highest BCUT2D eigenvalue weighted by Gasteiger charge is 2.38. The standard InChI is InChI=1S/C15H19N3O4S/c1-8-5-9(22-2)3-4-10(8)11-6-18(17-16-11)15-14(21)13(20)12(19)7-23-15/h3-6,12-15,19-21H,7H2,1-2H3/t12-,13+,14-,15-/m1/s1. The summed E-state index contributed by atoms with van der Waals surface area (Å²) < 4.78 is 6.72. The molecule has 4 atom stereocenters. The average molecular weight is 337 g/mol. The number of thioether (sulfide) groups is 1. The Bertz CT molecular complexity index is 693. The topological polar surface area (TPSA) is 101 Å². The molecule has 0 radical (unpaired) electrons. The van der Waals surface area contributed by atoms with Gasteiger partial charge in [-0.15, -0.1) is 16.9 Å². The predicted octanol–water partition coefficient (Wildman–Crippen LogP) is 0.590. The minimum Gasteiger partial charge on any atom is -0.497 e. The highest BCUT2D eigenvalue weighted by molar-refractivity contribution is 7.99. The van der Waals surface area contributed by atoms with E-state index in [0.29, 0.717) is 11.4 Å². The normalized spacial score (nSPS) is 27.9. The number of aryl methyl sites for hydroxylation is 1. The maximum Gasteiger partial charge on any atom is 0.127 e. The molecule has 7 nitrogen and oxygen atoms in total. The first-order valence-corrected chi connectivity index (χ1v) is 8.29. The molecule has 1 saturated heterocycles. The quantitative estimate of drug-likeness (QED) is 0.753. The maximum absolute atomic E-state index is 10.1. The van der Waals surface area contributed by atoms with Gasteiger partial charge in [-0.05, 0) is 30.7 Å². The van der Waals surface area contributed by atoms with Crippen molar-refractivity contribution < 1.29 is 20.1 Å². The van der Waals surface area contributed by atoms with Gasteiger partial charge in [-0.3, -0.25) is 0 Å². The van der Waals surface area contributed by atoms with Crippen LogP contribution in [0.25, 0.3) is 11.3 Å². The number of nitrogens with zero attached hydrogens (tertiary/aromatic N) is 3. The summed E-state index contributed by atoms with van der Waals surface area (Å²) >= 11 is 1.34. The van der Waals surface area contributed by atoms with Gasteiger partial charge < -0.3 is 20.1 Å². The molecule has 3 N–H and O–H groups in total. The van der Waals surface area contributed by atoms with Gasteiger partial charge in [-0.2, -0.15) is 0 Å². The molecule has 2 heterocycles. The molecule has 124 valence electrons. The van der Waals surface area contributed by atoms with Crippen molar-refractivity contribution in [3.63, 3.8) is 0 Å². The van der Waals surface area contributed by atoms with Gasteiger partial charge >= 0.3 is 0 Å². The zero-order valence-corrected chi connectivity index (χ0v) is 13.6. The van der Waals surface area contributed by atoms with Crippen LogP contribution in [0, 0.1) is 6.92 Å². The highest BCUT2D eigenvalue weighted by atomic mass is 32.2. The average Bonchev–Trinajstić information content (AvgIpc) is 3.02. The number of rotatable bonds is 3. The first-order valence-electron chi connectivity index (χ1n) is 7.24. The van der Waals surface area contributed by atoms with E-state index in [1.54, 1.807) is 13.3 Å². The lowest BCUT2D eigenvalue weighted by atomic mass is 10.1. The fraction of sp³-hybridized carbons (Fsp3) is 0.467. The lowest BCUT2D eigenvalue weighted by Gasteiger charge is -2.34. The van der Waals surface area contributed by atoms with Gasteiger partial charge in [-0.25, -0.2) is 4.68 Å². The Morgan fingerprint density at radius 3 is 2.74 bits per heavy atom. The van der Waals surface area contributed by atoms with Crippen LogP contribution in [-0.4, -0.2) is 61.5 Å². The SMILES string of the molecule is COc1ccc(-c2cn([C@@H]3SC[C@@H](O)[C@H](O)[C@H]3O)nn2)c(C)c1. The van der Waals surface area contributed by atoms with Crippen LogP contribution in [0.15, 0.2) is 24.4 Å². The second-order valence-corrected chi connectivity index (χ2v) is 6.69. The molecule has 1 fully saturated rings. The van der Waals surface area contributed by atoms with E-state index in [9.17, 15) is 15.3 Å². The largest absolute Gasteiger partial charge is 0.497 e. The second kappa shape index (κ2) is 6.48. The van der Waals surface area contributed by atoms with Crippen LogP contribution in [0.5, 0.6) is 5.75 Å². The van der Waals surface area contributed by atoms with E-state index < -0.39 is 23.7 Å². The number of aromatic nitrogens is 3. The predicted molar refractivity (Wildman–Crippen MR) is 86.3 cm³/mol. The summed E-state index contributed by atoms with van der Waals surface area (Å²) in [6.45, 7) is 1.96. The van der Waals surface area contributed by atoms with Crippen molar-refractivity contribution in [2.24, 2.45) is 0 Å². The highest BCUT2D eigenvalue weighted by Crippen LogP contribution is 2.35. The van der Waals surface area contributed by atoms with Crippen molar-refractivity contribution in [3.05, 3.63) is 30.0 Å². The Morgan fingerprint density at radius 1 is 1.26 bits per heavy atom. The summed E-state index contributed by atoms with van der Waals surface area (Å²) in [5, 5.41) is 37.3. The molecule has 1 aliphatic heterocycles. The zero-order valence-electron chi connectivity index (χ0n) is 12.8. The van der Waals surface area contributed by atoms with Gasteiger partial charge in [0.1, 0.15) is 29.0 Å². The zero-order chi connectivity index (χ0) is 16.6. The van der Waals surface area contributed by atoms with E-state index in [1.165, 1.54) is 16.4 Å². The molecule has 0 amide bonds. The van der Waals surface area contributed by atoms with Crippen LogP contribution in [0.3, 0.4) is 0 Å².